The molecule has 2 saturated heterocycles. The molecular weight excluding hydrogens is 560 g/mol. The van der Waals surface area contributed by atoms with Gasteiger partial charge < -0.3 is 29.9 Å². The zero-order chi connectivity index (χ0) is 27.2. The Balaban J connectivity index is 1.35. The van der Waals surface area contributed by atoms with Crippen molar-refractivity contribution >= 4 is 44.8 Å². The highest BCUT2D eigenvalue weighted by Gasteiger charge is 2.25. The Morgan fingerprint density at radius 3 is 2.36 bits per heavy atom. The summed E-state index contributed by atoms with van der Waals surface area (Å²) in [5.41, 5.74) is 3.54. The first-order chi connectivity index (χ1) is 19.0. The lowest BCUT2D eigenvalue weighted by atomic mass is 10.1. The van der Waals surface area contributed by atoms with Gasteiger partial charge >= 0.3 is 0 Å². The zero-order valence-corrected chi connectivity index (χ0v) is 23.6. The van der Waals surface area contributed by atoms with Crippen LogP contribution in [0.3, 0.4) is 0 Å². The van der Waals surface area contributed by atoms with Crippen LogP contribution in [0.4, 0.5) is 17.1 Å². The van der Waals surface area contributed by atoms with Crippen LogP contribution in [-0.4, -0.2) is 64.4 Å². The van der Waals surface area contributed by atoms with Gasteiger partial charge in [0, 0.05) is 55.2 Å². The predicted molar refractivity (Wildman–Crippen MR) is 157 cm³/mol. The molecule has 0 bridgehead atoms. The molecule has 5 rings (SSSR count). The molecule has 2 N–H and O–H groups in total. The number of carbonyl (C=O) groups excluding carboxylic acids is 2. The fraction of sp³-hybridized carbons (Fsp3) is 0.333. The number of nitrogens with one attached hydrogen (secondary N) is 2. The first-order valence-electron chi connectivity index (χ1n) is 13.3. The van der Waals surface area contributed by atoms with Crippen LogP contribution in [0.2, 0.25) is 0 Å². The van der Waals surface area contributed by atoms with E-state index in [4.69, 9.17) is 9.47 Å². The third-order valence-corrected chi connectivity index (χ3v) is 7.87. The summed E-state index contributed by atoms with van der Waals surface area (Å²) < 4.78 is 12.0. The van der Waals surface area contributed by atoms with E-state index in [0.29, 0.717) is 27.8 Å². The second kappa shape index (κ2) is 12.5. The molecule has 3 aromatic rings. The lowest BCUT2D eigenvalue weighted by molar-refractivity contribution is 0.0858. The summed E-state index contributed by atoms with van der Waals surface area (Å²) in [4.78, 5) is 30.9. The van der Waals surface area contributed by atoms with Gasteiger partial charge in [-0.05, 0) is 71.2 Å². The van der Waals surface area contributed by atoms with E-state index in [1.165, 1.54) is 0 Å². The van der Waals surface area contributed by atoms with Gasteiger partial charge in [-0.25, -0.2) is 0 Å². The fourth-order valence-corrected chi connectivity index (χ4v) is 5.57. The Morgan fingerprint density at radius 1 is 0.923 bits per heavy atom. The summed E-state index contributed by atoms with van der Waals surface area (Å²) in [6.07, 6.45) is 2.00. The topological polar surface area (TPSA) is 83.1 Å². The fourth-order valence-electron chi connectivity index (χ4n) is 5.10. The van der Waals surface area contributed by atoms with E-state index in [1.54, 1.807) is 19.2 Å². The molecule has 9 heteroatoms. The quantitative estimate of drug-likeness (QED) is 0.385. The highest BCUT2D eigenvalue weighted by Crippen LogP contribution is 2.31. The van der Waals surface area contributed by atoms with Gasteiger partial charge in [0.05, 0.1) is 30.0 Å². The SMILES string of the molecule is COc1ccccc1N1CCN(c2ccc(NC(=O)c3ccccc3Br)cc2C(=O)NCC2CCCO2)CC1. The second-order valence-corrected chi connectivity index (χ2v) is 10.5. The second-order valence-electron chi connectivity index (χ2n) is 9.66. The third-order valence-electron chi connectivity index (χ3n) is 7.18. The van der Waals surface area contributed by atoms with Gasteiger partial charge in [-0.15, -0.1) is 0 Å². The molecule has 8 nitrogen and oxygen atoms in total. The van der Waals surface area contributed by atoms with E-state index in [1.807, 2.05) is 48.5 Å². The van der Waals surface area contributed by atoms with Crippen molar-refractivity contribution in [2.75, 3.05) is 61.6 Å². The van der Waals surface area contributed by atoms with Gasteiger partial charge in [-0.1, -0.05) is 24.3 Å². The van der Waals surface area contributed by atoms with Crippen molar-refractivity contribution in [1.29, 1.82) is 0 Å². The zero-order valence-electron chi connectivity index (χ0n) is 22.0. The number of ether oxygens (including phenoxy) is 2. The maximum absolute atomic E-state index is 13.5. The molecule has 0 radical (unpaired) electrons. The average Bonchev–Trinajstić information content (AvgIpc) is 3.50. The molecule has 2 aliphatic rings. The lowest BCUT2D eigenvalue weighted by Crippen LogP contribution is -2.47. The van der Waals surface area contributed by atoms with Crippen LogP contribution in [0, 0.1) is 0 Å². The lowest BCUT2D eigenvalue weighted by Gasteiger charge is -2.38. The molecule has 39 heavy (non-hydrogen) atoms. The van der Waals surface area contributed by atoms with Crippen molar-refractivity contribution in [3.8, 4) is 5.75 Å². The third kappa shape index (κ3) is 6.37. The number of rotatable bonds is 8. The van der Waals surface area contributed by atoms with Crippen molar-refractivity contribution in [1.82, 2.24) is 5.32 Å². The number of halogens is 1. The number of benzene rings is 3. The van der Waals surface area contributed by atoms with Crippen LogP contribution in [0.1, 0.15) is 33.6 Å². The molecule has 2 heterocycles. The van der Waals surface area contributed by atoms with Gasteiger partial charge in [-0.3, -0.25) is 9.59 Å². The summed E-state index contributed by atoms with van der Waals surface area (Å²) in [6.45, 7) is 4.27. The molecule has 0 aliphatic carbocycles. The number of nitrogens with zero attached hydrogens (tertiary/aromatic N) is 2. The minimum Gasteiger partial charge on any atom is -0.495 e. The molecular formula is C30H33BrN4O4. The van der Waals surface area contributed by atoms with E-state index >= 15 is 0 Å². The Kier molecular flexibility index (Phi) is 8.68. The summed E-state index contributed by atoms with van der Waals surface area (Å²) in [5.74, 6) is 0.432. The maximum Gasteiger partial charge on any atom is 0.256 e. The summed E-state index contributed by atoms with van der Waals surface area (Å²) >= 11 is 3.44. The molecule has 3 aromatic carbocycles. The van der Waals surface area contributed by atoms with Crippen molar-refractivity contribution in [2.45, 2.75) is 18.9 Å². The summed E-state index contributed by atoms with van der Waals surface area (Å²) in [7, 11) is 1.69. The average molecular weight is 594 g/mol. The van der Waals surface area contributed by atoms with Gasteiger partial charge in [0.25, 0.3) is 11.8 Å². The molecule has 2 amide bonds. The van der Waals surface area contributed by atoms with E-state index in [9.17, 15) is 9.59 Å². The molecule has 2 fully saturated rings. The number of hydrogen-bond acceptors (Lipinski definition) is 6. The highest BCUT2D eigenvalue weighted by molar-refractivity contribution is 9.10. The Morgan fingerprint density at radius 2 is 1.64 bits per heavy atom. The summed E-state index contributed by atoms with van der Waals surface area (Å²) in [5, 5.41) is 6.00. The molecule has 1 atom stereocenters. The summed E-state index contributed by atoms with van der Waals surface area (Å²) in [6, 6.07) is 20.8. The number of methoxy groups -OCH3 is 1. The normalized spacial score (nSPS) is 17.1. The maximum atomic E-state index is 13.5. The number of para-hydroxylation sites is 2. The van der Waals surface area contributed by atoms with E-state index in [-0.39, 0.29) is 17.9 Å². The van der Waals surface area contributed by atoms with Crippen molar-refractivity contribution in [2.24, 2.45) is 0 Å². The number of anilines is 3. The van der Waals surface area contributed by atoms with Crippen molar-refractivity contribution in [3.05, 3.63) is 82.3 Å². The Bertz CT molecular complexity index is 1320. The van der Waals surface area contributed by atoms with E-state index in [0.717, 1.165) is 62.8 Å². The smallest absolute Gasteiger partial charge is 0.256 e. The molecule has 0 aromatic heterocycles. The minimum absolute atomic E-state index is 0.0418. The first kappa shape index (κ1) is 27.0. The minimum atomic E-state index is -0.244. The van der Waals surface area contributed by atoms with Gasteiger partial charge in [0.1, 0.15) is 5.75 Å². The number of piperazine rings is 1. The standard InChI is InChI=1S/C30H33BrN4O4/c1-38-28-11-5-4-10-27(28)35-16-14-34(15-17-35)26-13-12-21(33-30(37)23-8-2-3-9-25(23)31)19-24(26)29(36)32-20-22-7-6-18-39-22/h2-5,8-13,19,22H,6-7,14-18,20H2,1H3,(H,32,36)(H,33,37). The van der Waals surface area contributed by atoms with Gasteiger partial charge in [0.2, 0.25) is 0 Å². The monoisotopic (exact) mass is 592 g/mol. The number of carbonyl (C=O) groups is 2. The number of amides is 2. The van der Waals surface area contributed by atoms with E-state index in [2.05, 4.69) is 42.4 Å². The highest BCUT2D eigenvalue weighted by atomic mass is 79.9. The van der Waals surface area contributed by atoms with Crippen LogP contribution < -0.4 is 25.2 Å². The van der Waals surface area contributed by atoms with Crippen LogP contribution in [-0.2, 0) is 4.74 Å². The van der Waals surface area contributed by atoms with Crippen LogP contribution in [0.5, 0.6) is 5.75 Å². The molecule has 0 saturated carbocycles. The predicted octanol–water partition coefficient (Wildman–Crippen LogP) is 4.95. The van der Waals surface area contributed by atoms with Crippen molar-refractivity contribution in [3.63, 3.8) is 0 Å². The largest absolute Gasteiger partial charge is 0.495 e. The van der Waals surface area contributed by atoms with Crippen LogP contribution >= 0.6 is 15.9 Å². The first-order valence-corrected chi connectivity index (χ1v) is 14.1. The molecule has 0 spiro atoms. The molecule has 204 valence electrons. The van der Waals surface area contributed by atoms with Gasteiger partial charge in [0.15, 0.2) is 0 Å². The number of hydrogen-bond donors (Lipinski definition) is 2. The Hall–Kier alpha value is -3.56. The molecule has 1 unspecified atom stereocenters. The van der Waals surface area contributed by atoms with Crippen LogP contribution in [0.25, 0.3) is 0 Å². The Labute approximate surface area is 237 Å². The van der Waals surface area contributed by atoms with Crippen LogP contribution in [0.15, 0.2) is 71.2 Å². The van der Waals surface area contributed by atoms with E-state index < -0.39 is 0 Å². The molecule has 2 aliphatic heterocycles. The van der Waals surface area contributed by atoms with Crippen molar-refractivity contribution < 1.29 is 19.1 Å². The van der Waals surface area contributed by atoms with Gasteiger partial charge in [-0.2, -0.15) is 0 Å².